The molecule has 2 rings (SSSR count). The van der Waals surface area contributed by atoms with E-state index in [0.717, 1.165) is 49.3 Å². The monoisotopic (exact) mass is 289 g/mol. The predicted molar refractivity (Wildman–Crippen MR) is 83.9 cm³/mol. The van der Waals surface area contributed by atoms with E-state index in [4.69, 9.17) is 5.11 Å². The average molecular weight is 289 g/mol. The number of imidazole rings is 1. The first-order chi connectivity index (χ1) is 10.1. The second-order valence-corrected chi connectivity index (χ2v) is 5.33. The van der Waals surface area contributed by atoms with Gasteiger partial charge in [-0.05, 0) is 38.2 Å². The van der Waals surface area contributed by atoms with Gasteiger partial charge in [0.1, 0.15) is 5.82 Å². The smallest absolute Gasteiger partial charge is 0.335 e. The summed E-state index contributed by atoms with van der Waals surface area (Å²) >= 11 is 0. The third-order valence-electron chi connectivity index (χ3n) is 3.79. The summed E-state index contributed by atoms with van der Waals surface area (Å²) in [5.41, 5.74) is 2.11. The highest BCUT2D eigenvalue weighted by atomic mass is 16.4. The van der Waals surface area contributed by atoms with Crippen LogP contribution in [-0.2, 0) is 13.0 Å². The number of benzene rings is 1. The summed E-state index contributed by atoms with van der Waals surface area (Å²) in [6.07, 6.45) is 1.94. The molecule has 0 aliphatic carbocycles. The molecule has 0 saturated carbocycles. The van der Waals surface area contributed by atoms with Gasteiger partial charge >= 0.3 is 5.97 Å². The molecule has 0 aliphatic heterocycles. The van der Waals surface area contributed by atoms with Crippen molar-refractivity contribution in [2.75, 3.05) is 20.1 Å². The zero-order valence-electron chi connectivity index (χ0n) is 13.0. The van der Waals surface area contributed by atoms with Crippen molar-refractivity contribution in [2.45, 2.75) is 33.2 Å². The fourth-order valence-electron chi connectivity index (χ4n) is 2.40. The molecule has 1 aromatic carbocycles. The molecule has 0 fully saturated rings. The van der Waals surface area contributed by atoms with Crippen molar-refractivity contribution in [3.63, 3.8) is 0 Å². The Bertz CT molecular complexity index is 634. The molecule has 2 aromatic rings. The molecule has 21 heavy (non-hydrogen) atoms. The van der Waals surface area contributed by atoms with Crippen LogP contribution in [-0.4, -0.2) is 45.7 Å². The number of aryl methyl sites for hydroxylation is 1. The number of rotatable bonds is 7. The van der Waals surface area contributed by atoms with Gasteiger partial charge in [-0.1, -0.05) is 13.8 Å². The quantitative estimate of drug-likeness (QED) is 0.851. The molecule has 1 heterocycles. The lowest BCUT2D eigenvalue weighted by molar-refractivity contribution is 0.0697. The topological polar surface area (TPSA) is 58.4 Å². The van der Waals surface area contributed by atoms with Crippen molar-refractivity contribution < 1.29 is 9.90 Å². The Morgan fingerprint density at radius 1 is 1.38 bits per heavy atom. The summed E-state index contributed by atoms with van der Waals surface area (Å²) < 4.78 is 2.16. The number of hydrogen-bond donors (Lipinski definition) is 1. The Labute approximate surface area is 125 Å². The fourth-order valence-corrected chi connectivity index (χ4v) is 2.40. The highest BCUT2D eigenvalue weighted by Gasteiger charge is 2.13. The maximum absolute atomic E-state index is 11.2. The Kier molecular flexibility index (Phi) is 4.96. The molecule has 0 unspecified atom stereocenters. The summed E-state index contributed by atoms with van der Waals surface area (Å²) in [5.74, 6) is 0.145. The fraction of sp³-hybridized carbons (Fsp3) is 0.500. The maximum Gasteiger partial charge on any atom is 0.335 e. The zero-order valence-corrected chi connectivity index (χ0v) is 13.0. The summed E-state index contributed by atoms with van der Waals surface area (Å²) in [6, 6.07) is 5.16. The van der Waals surface area contributed by atoms with Crippen molar-refractivity contribution in [3.8, 4) is 0 Å². The number of carboxylic acid groups (broad SMARTS) is 1. The molecule has 5 nitrogen and oxygen atoms in total. The first kappa shape index (κ1) is 15.5. The molecule has 5 heteroatoms. The molecule has 0 saturated heterocycles. The Morgan fingerprint density at radius 2 is 2.14 bits per heavy atom. The summed E-state index contributed by atoms with van der Waals surface area (Å²) in [5, 5.41) is 9.16. The van der Waals surface area contributed by atoms with Crippen LogP contribution in [0.2, 0.25) is 0 Å². The van der Waals surface area contributed by atoms with E-state index >= 15 is 0 Å². The molecule has 0 amide bonds. The lowest BCUT2D eigenvalue weighted by atomic mass is 10.2. The van der Waals surface area contributed by atoms with E-state index in [1.54, 1.807) is 18.2 Å². The van der Waals surface area contributed by atoms with Gasteiger partial charge in [-0.15, -0.1) is 0 Å². The number of carbonyl (C=O) groups is 1. The molecule has 0 radical (unpaired) electrons. The van der Waals surface area contributed by atoms with Crippen LogP contribution < -0.4 is 0 Å². The van der Waals surface area contributed by atoms with Gasteiger partial charge in [-0.25, -0.2) is 9.78 Å². The molecule has 0 atom stereocenters. The SMILES string of the molecule is CCCc1nc2ccc(C(=O)O)cc2n1CCN(C)CC. The molecule has 114 valence electrons. The van der Waals surface area contributed by atoms with Crippen LogP contribution in [0.25, 0.3) is 11.0 Å². The van der Waals surface area contributed by atoms with Gasteiger partial charge in [0.05, 0.1) is 16.6 Å². The molecule has 1 aromatic heterocycles. The zero-order chi connectivity index (χ0) is 15.4. The minimum atomic E-state index is -0.896. The van der Waals surface area contributed by atoms with Gasteiger partial charge in [-0.2, -0.15) is 0 Å². The molecule has 1 N–H and O–H groups in total. The number of aromatic nitrogens is 2. The Hall–Kier alpha value is -1.88. The molecular weight excluding hydrogens is 266 g/mol. The maximum atomic E-state index is 11.2. The minimum absolute atomic E-state index is 0.315. The number of aromatic carboxylic acids is 1. The van der Waals surface area contributed by atoms with Crippen LogP contribution >= 0.6 is 0 Å². The molecular formula is C16H23N3O2. The second-order valence-electron chi connectivity index (χ2n) is 5.33. The summed E-state index contributed by atoms with van der Waals surface area (Å²) in [7, 11) is 2.08. The standard InChI is InChI=1S/C16H23N3O2/c1-4-6-15-17-13-8-7-12(16(20)21)11-14(13)19(15)10-9-18(3)5-2/h7-8,11H,4-6,9-10H2,1-3H3,(H,20,21). The van der Waals surface area contributed by atoms with Crippen LogP contribution in [0.3, 0.4) is 0 Å². The third kappa shape index (κ3) is 3.42. The lowest BCUT2D eigenvalue weighted by Gasteiger charge is -2.16. The van der Waals surface area contributed by atoms with E-state index in [1.807, 2.05) is 0 Å². The van der Waals surface area contributed by atoms with E-state index < -0.39 is 5.97 Å². The first-order valence-corrected chi connectivity index (χ1v) is 7.47. The van der Waals surface area contributed by atoms with E-state index in [1.165, 1.54) is 0 Å². The number of nitrogens with zero attached hydrogens (tertiary/aromatic N) is 3. The van der Waals surface area contributed by atoms with Gasteiger partial charge < -0.3 is 14.6 Å². The highest BCUT2D eigenvalue weighted by Crippen LogP contribution is 2.19. The summed E-state index contributed by atoms with van der Waals surface area (Å²) in [6.45, 7) is 7.01. The van der Waals surface area contributed by atoms with Crippen molar-refractivity contribution >= 4 is 17.0 Å². The van der Waals surface area contributed by atoms with Crippen LogP contribution in [0.5, 0.6) is 0 Å². The van der Waals surface area contributed by atoms with E-state index in [-0.39, 0.29) is 0 Å². The lowest BCUT2D eigenvalue weighted by Crippen LogP contribution is -2.23. The second kappa shape index (κ2) is 6.72. The number of fused-ring (bicyclic) bond motifs is 1. The largest absolute Gasteiger partial charge is 0.478 e. The van der Waals surface area contributed by atoms with Gasteiger partial charge in [0.15, 0.2) is 0 Å². The van der Waals surface area contributed by atoms with Crippen molar-refractivity contribution in [1.29, 1.82) is 0 Å². The van der Waals surface area contributed by atoms with Crippen molar-refractivity contribution in [2.24, 2.45) is 0 Å². The van der Waals surface area contributed by atoms with Crippen LogP contribution in [0.15, 0.2) is 18.2 Å². The minimum Gasteiger partial charge on any atom is -0.478 e. The van der Waals surface area contributed by atoms with Crippen LogP contribution in [0.1, 0.15) is 36.5 Å². The molecule has 0 aliphatic rings. The Balaban J connectivity index is 2.43. The summed E-state index contributed by atoms with van der Waals surface area (Å²) in [4.78, 5) is 18.1. The van der Waals surface area contributed by atoms with E-state index in [0.29, 0.717) is 5.56 Å². The van der Waals surface area contributed by atoms with Gasteiger partial charge in [0.2, 0.25) is 0 Å². The average Bonchev–Trinajstić information content (AvgIpc) is 2.81. The van der Waals surface area contributed by atoms with Gasteiger partial charge in [0.25, 0.3) is 0 Å². The van der Waals surface area contributed by atoms with Crippen LogP contribution in [0, 0.1) is 0 Å². The Morgan fingerprint density at radius 3 is 2.76 bits per heavy atom. The van der Waals surface area contributed by atoms with E-state index in [9.17, 15) is 4.79 Å². The van der Waals surface area contributed by atoms with Crippen molar-refractivity contribution in [3.05, 3.63) is 29.6 Å². The first-order valence-electron chi connectivity index (χ1n) is 7.47. The number of hydrogen-bond acceptors (Lipinski definition) is 3. The normalized spacial score (nSPS) is 11.4. The van der Waals surface area contributed by atoms with Gasteiger partial charge in [-0.3, -0.25) is 0 Å². The van der Waals surface area contributed by atoms with E-state index in [2.05, 4.69) is 35.3 Å². The van der Waals surface area contributed by atoms with Crippen LogP contribution in [0.4, 0.5) is 0 Å². The van der Waals surface area contributed by atoms with Gasteiger partial charge in [0, 0.05) is 19.5 Å². The third-order valence-corrected chi connectivity index (χ3v) is 3.79. The van der Waals surface area contributed by atoms with Crippen molar-refractivity contribution in [1.82, 2.24) is 14.5 Å². The number of carboxylic acids is 1. The number of likely N-dealkylation sites (N-methyl/N-ethyl adjacent to an activating group) is 1. The molecule has 0 spiro atoms. The molecule has 0 bridgehead atoms. The highest BCUT2D eigenvalue weighted by molar-refractivity contribution is 5.92. The predicted octanol–water partition coefficient (Wildman–Crippen LogP) is 2.64.